The molecule has 0 unspecified atom stereocenters. The number of rotatable bonds is 7. The van der Waals surface area contributed by atoms with Crippen LogP contribution in [0.25, 0.3) is 0 Å². The van der Waals surface area contributed by atoms with Gasteiger partial charge in [0.25, 0.3) is 0 Å². The van der Waals surface area contributed by atoms with Crippen molar-refractivity contribution in [2.24, 2.45) is 0 Å². The number of nitrogens with zero attached hydrogens (tertiary/aromatic N) is 1. The summed E-state index contributed by atoms with van der Waals surface area (Å²) in [6.07, 6.45) is 0. The Balaban J connectivity index is 2.85. The van der Waals surface area contributed by atoms with E-state index in [2.05, 4.69) is 9.62 Å². The maximum Gasteiger partial charge on any atom is 0.243 e. The van der Waals surface area contributed by atoms with E-state index in [0.29, 0.717) is 18.8 Å². The van der Waals surface area contributed by atoms with Crippen molar-refractivity contribution < 1.29 is 8.42 Å². The third kappa shape index (κ3) is 4.49. The molecule has 1 aromatic carbocycles. The maximum absolute atomic E-state index is 12.2. The van der Waals surface area contributed by atoms with Gasteiger partial charge in [0.2, 0.25) is 10.0 Å². The normalized spacial score (nSPS) is 12.1. The molecule has 0 aliphatic heterocycles. The second-order valence-corrected chi connectivity index (χ2v) is 6.76. The van der Waals surface area contributed by atoms with Crippen LogP contribution in [0.3, 0.4) is 0 Å². The molecule has 0 radical (unpaired) electrons. The van der Waals surface area contributed by atoms with Crippen LogP contribution in [-0.4, -0.2) is 39.5 Å². The van der Waals surface area contributed by atoms with Crippen LogP contribution < -0.4 is 10.5 Å². The Kier molecular flexibility index (Phi) is 6.54. The van der Waals surface area contributed by atoms with Crippen molar-refractivity contribution >= 4 is 38.9 Å². The molecule has 0 fully saturated rings. The van der Waals surface area contributed by atoms with Crippen LogP contribution in [0.1, 0.15) is 13.8 Å². The summed E-state index contributed by atoms with van der Waals surface area (Å²) in [5, 5.41) is 0.0377. The molecule has 0 aliphatic carbocycles. The highest BCUT2D eigenvalue weighted by Crippen LogP contribution is 2.31. The van der Waals surface area contributed by atoms with E-state index in [1.165, 1.54) is 12.1 Å². The number of sulfonamides is 1. The van der Waals surface area contributed by atoms with Crippen molar-refractivity contribution in [3.63, 3.8) is 0 Å². The number of hydrogen-bond donors (Lipinski definition) is 2. The second-order valence-electron chi connectivity index (χ2n) is 4.24. The van der Waals surface area contributed by atoms with E-state index in [-0.39, 0.29) is 14.9 Å². The second kappa shape index (κ2) is 7.47. The Morgan fingerprint density at radius 3 is 2.15 bits per heavy atom. The van der Waals surface area contributed by atoms with Crippen molar-refractivity contribution in [1.82, 2.24) is 9.62 Å². The average molecular weight is 340 g/mol. The van der Waals surface area contributed by atoms with E-state index in [9.17, 15) is 8.42 Å². The molecule has 0 amide bonds. The summed E-state index contributed by atoms with van der Waals surface area (Å²) in [6.45, 7) is 6.68. The molecule has 0 saturated heterocycles. The monoisotopic (exact) mass is 339 g/mol. The van der Waals surface area contributed by atoms with Gasteiger partial charge in [0, 0.05) is 18.8 Å². The quantitative estimate of drug-likeness (QED) is 0.746. The van der Waals surface area contributed by atoms with Crippen LogP contribution in [0.4, 0.5) is 5.69 Å². The number of nitrogens with two attached hydrogens (primary N) is 1. The summed E-state index contributed by atoms with van der Waals surface area (Å²) in [5.74, 6) is 0. The number of nitrogens with one attached hydrogen (secondary N) is 1. The van der Waals surface area contributed by atoms with Crippen LogP contribution in [-0.2, 0) is 10.0 Å². The zero-order chi connectivity index (χ0) is 15.3. The molecule has 1 aromatic rings. The van der Waals surface area contributed by atoms with Crippen molar-refractivity contribution in [3.05, 3.63) is 22.2 Å². The predicted octanol–water partition coefficient (Wildman–Crippen LogP) is 2.20. The zero-order valence-electron chi connectivity index (χ0n) is 11.5. The molecule has 1 rings (SSSR count). The number of benzene rings is 1. The topological polar surface area (TPSA) is 75.4 Å². The summed E-state index contributed by atoms with van der Waals surface area (Å²) in [4.78, 5) is 1.98. The van der Waals surface area contributed by atoms with Gasteiger partial charge >= 0.3 is 0 Å². The maximum atomic E-state index is 12.2. The Labute approximate surface area is 130 Å². The molecular weight excluding hydrogens is 321 g/mol. The van der Waals surface area contributed by atoms with Crippen molar-refractivity contribution in [2.75, 3.05) is 31.9 Å². The lowest BCUT2D eigenvalue weighted by Gasteiger charge is -2.18. The molecule has 3 N–H and O–H groups in total. The highest BCUT2D eigenvalue weighted by atomic mass is 35.5. The highest BCUT2D eigenvalue weighted by Gasteiger charge is 2.22. The van der Waals surface area contributed by atoms with E-state index >= 15 is 0 Å². The molecule has 0 heterocycles. The number of hydrogen-bond acceptors (Lipinski definition) is 4. The van der Waals surface area contributed by atoms with E-state index in [0.717, 1.165) is 13.1 Å². The summed E-state index contributed by atoms with van der Waals surface area (Å²) in [6, 6.07) is 2.73. The van der Waals surface area contributed by atoms with Gasteiger partial charge in [-0.15, -0.1) is 0 Å². The summed E-state index contributed by atoms with van der Waals surface area (Å²) < 4.78 is 26.9. The Morgan fingerprint density at radius 2 is 1.70 bits per heavy atom. The van der Waals surface area contributed by atoms with Crippen LogP contribution in [0.2, 0.25) is 10.0 Å². The first kappa shape index (κ1) is 17.5. The Hall–Kier alpha value is -0.530. The van der Waals surface area contributed by atoms with Crippen LogP contribution in [0.5, 0.6) is 0 Å². The first-order chi connectivity index (χ1) is 9.31. The molecule has 0 spiro atoms. The van der Waals surface area contributed by atoms with Crippen molar-refractivity contribution in [2.45, 2.75) is 18.7 Å². The average Bonchev–Trinajstić information content (AvgIpc) is 2.32. The molecule has 20 heavy (non-hydrogen) atoms. The third-order valence-electron chi connectivity index (χ3n) is 2.90. The van der Waals surface area contributed by atoms with E-state index in [4.69, 9.17) is 28.9 Å². The third-order valence-corrected chi connectivity index (χ3v) is 5.29. The van der Waals surface area contributed by atoms with Crippen LogP contribution in [0.15, 0.2) is 17.0 Å². The molecule has 0 saturated carbocycles. The van der Waals surface area contributed by atoms with Crippen LogP contribution >= 0.6 is 23.2 Å². The number of nitrogen functional groups attached to an aromatic ring is 1. The smallest absolute Gasteiger partial charge is 0.243 e. The first-order valence-corrected chi connectivity index (χ1v) is 8.52. The van der Waals surface area contributed by atoms with E-state index in [1.54, 1.807) is 0 Å². The van der Waals surface area contributed by atoms with Gasteiger partial charge in [0.1, 0.15) is 4.90 Å². The molecule has 8 heteroatoms. The highest BCUT2D eigenvalue weighted by molar-refractivity contribution is 7.89. The molecule has 0 bridgehead atoms. The molecule has 0 aromatic heterocycles. The van der Waals surface area contributed by atoms with Gasteiger partial charge in [0.05, 0.1) is 10.0 Å². The molecular formula is C12H19Cl2N3O2S. The Morgan fingerprint density at radius 1 is 1.20 bits per heavy atom. The van der Waals surface area contributed by atoms with Gasteiger partial charge in [-0.05, 0) is 25.2 Å². The van der Waals surface area contributed by atoms with Gasteiger partial charge < -0.3 is 10.6 Å². The number of likely N-dealkylation sites (N-methyl/N-ethyl adjacent to an activating group) is 1. The van der Waals surface area contributed by atoms with Crippen molar-refractivity contribution in [1.29, 1.82) is 0 Å². The molecule has 114 valence electrons. The standard InChI is InChI=1S/C12H19Cl2N3O2S/c1-3-17(4-2)6-5-16-20(18,19)12-10(13)7-9(15)8-11(12)14/h7-8,16H,3-6,15H2,1-2H3. The number of halogens is 2. The van der Waals surface area contributed by atoms with E-state index in [1.807, 2.05) is 13.8 Å². The fraction of sp³-hybridized carbons (Fsp3) is 0.500. The fourth-order valence-electron chi connectivity index (χ4n) is 1.79. The van der Waals surface area contributed by atoms with Gasteiger partial charge in [-0.2, -0.15) is 0 Å². The zero-order valence-corrected chi connectivity index (χ0v) is 13.8. The lowest BCUT2D eigenvalue weighted by molar-refractivity contribution is 0.309. The molecule has 5 nitrogen and oxygen atoms in total. The summed E-state index contributed by atoms with van der Waals surface area (Å²) in [5.41, 5.74) is 5.88. The minimum atomic E-state index is -3.75. The molecule has 0 aliphatic rings. The largest absolute Gasteiger partial charge is 0.399 e. The van der Waals surface area contributed by atoms with Gasteiger partial charge in [-0.3, -0.25) is 0 Å². The predicted molar refractivity (Wildman–Crippen MR) is 83.9 cm³/mol. The Bertz CT molecular complexity index is 537. The molecule has 0 atom stereocenters. The van der Waals surface area contributed by atoms with Gasteiger partial charge in [-0.25, -0.2) is 13.1 Å². The van der Waals surface area contributed by atoms with Crippen LogP contribution in [0, 0.1) is 0 Å². The summed E-state index contributed by atoms with van der Waals surface area (Å²) in [7, 11) is -3.75. The fourth-order valence-corrected chi connectivity index (χ4v) is 4.04. The lowest BCUT2D eigenvalue weighted by Crippen LogP contribution is -2.35. The SMILES string of the molecule is CCN(CC)CCNS(=O)(=O)c1c(Cl)cc(N)cc1Cl. The number of anilines is 1. The van der Waals surface area contributed by atoms with Gasteiger partial charge in [-0.1, -0.05) is 37.0 Å². The lowest BCUT2D eigenvalue weighted by atomic mass is 10.3. The van der Waals surface area contributed by atoms with Gasteiger partial charge in [0.15, 0.2) is 0 Å². The summed E-state index contributed by atoms with van der Waals surface area (Å²) >= 11 is 11.8. The minimum absolute atomic E-state index is 0.0188. The first-order valence-electron chi connectivity index (χ1n) is 6.28. The van der Waals surface area contributed by atoms with E-state index < -0.39 is 10.0 Å². The minimum Gasteiger partial charge on any atom is -0.399 e. The van der Waals surface area contributed by atoms with Crippen molar-refractivity contribution in [3.8, 4) is 0 Å².